The van der Waals surface area contributed by atoms with E-state index in [0.29, 0.717) is 0 Å². The molecule has 3 rings (SSSR count). The van der Waals surface area contributed by atoms with Crippen LogP contribution in [0.25, 0.3) is 0 Å². The summed E-state index contributed by atoms with van der Waals surface area (Å²) in [6, 6.07) is 0. The van der Waals surface area contributed by atoms with Crippen LogP contribution in [0.15, 0.2) is 0 Å². The van der Waals surface area contributed by atoms with E-state index in [1.54, 1.807) is 0 Å². The summed E-state index contributed by atoms with van der Waals surface area (Å²) in [5.74, 6) is 3.77. The van der Waals surface area contributed by atoms with Crippen molar-refractivity contribution in [1.29, 1.82) is 0 Å². The lowest BCUT2D eigenvalue weighted by Crippen LogP contribution is -2.20. The van der Waals surface area contributed by atoms with Crippen LogP contribution in [-0.4, -0.2) is 9.97 Å². The van der Waals surface area contributed by atoms with Crippen molar-refractivity contribution in [2.75, 3.05) is 0 Å². The van der Waals surface area contributed by atoms with Gasteiger partial charge in [0.15, 0.2) is 0 Å². The molecule has 2 nitrogen and oxygen atoms in total. The Bertz CT molecular complexity index is 360. The Kier molecular flexibility index (Phi) is 2.97. The number of hydrogen-bond donors (Lipinski definition) is 1. The molecule has 1 N–H and O–H groups in total. The summed E-state index contributed by atoms with van der Waals surface area (Å²) in [7, 11) is 0. The number of aromatic amines is 1. The maximum absolute atomic E-state index is 4.84. The molecule has 0 aromatic carbocycles. The highest BCUT2D eigenvalue weighted by Gasteiger charge is 2.26. The van der Waals surface area contributed by atoms with Crippen molar-refractivity contribution in [3.05, 3.63) is 17.2 Å². The molecule has 2 aliphatic rings. The van der Waals surface area contributed by atoms with Crippen LogP contribution in [0.4, 0.5) is 0 Å². The summed E-state index contributed by atoms with van der Waals surface area (Å²) < 4.78 is 0. The van der Waals surface area contributed by atoms with Crippen molar-refractivity contribution in [2.24, 2.45) is 17.8 Å². The summed E-state index contributed by atoms with van der Waals surface area (Å²) in [6.07, 6.45) is 9.26. The van der Waals surface area contributed by atoms with Crippen molar-refractivity contribution >= 4 is 0 Å². The van der Waals surface area contributed by atoms with Crippen LogP contribution in [0.2, 0.25) is 0 Å². The first-order valence-corrected chi connectivity index (χ1v) is 7.29. The van der Waals surface area contributed by atoms with Gasteiger partial charge in [-0.25, -0.2) is 4.98 Å². The predicted molar refractivity (Wildman–Crippen MR) is 70.0 cm³/mol. The van der Waals surface area contributed by atoms with Crippen molar-refractivity contribution in [3.8, 4) is 0 Å². The first-order valence-electron chi connectivity index (χ1n) is 7.29. The van der Waals surface area contributed by atoms with Gasteiger partial charge in [-0.2, -0.15) is 0 Å². The molecular formula is C15H24N2. The van der Waals surface area contributed by atoms with Crippen molar-refractivity contribution < 1.29 is 0 Å². The number of imidazole rings is 1. The van der Waals surface area contributed by atoms with E-state index < -0.39 is 0 Å². The molecule has 2 aliphatic carbocycles. The second kappa shape index (κ2) is 4.47. The summed E-state index contributed by atoms with van der Waals surface area (Å²) in [4.78, 5) is 8.44. The van der Waals surface area contributed by atoms with Gasteiger partial charge in [0.1, 0.15) is 5.82 Å². The van der Waals surface area contributed by atoms with Gasteiger partial charge in [-0.1, -0.05) is 39.5 Å². The average Bonchev–Trinajstić information content (AvgIpc) is 2.89. The maximum atomic E-state index is 4.84. The monoisotopic (exact) mass is 232 g/mol. The lowest BCUT2D eigenvalue weighted by Gasteiger charge is -2.24. The molecular weight excluding hydrogens is 208 g/mol. The lowest BCUT2D eigenvalue weighted by atomic mass is 9.82. The van der Waals surface area contributed by atoms with Crippen LogP contribution in [0.5, 0.6) is 0 Å². The summed E-state index contributed by atoms with van der Waals surface area (Å²) in [6.45, 7) is 4.73. The Morgan fingerprint density at radius 1 is 1.12 bits per heavy atom. The SMILES string of the molecule is CC1Cc2nc(CC3CCCC3)[nH]c2CC1C. The van der Waals surface area contributed by atoms with Gasteiger partial charge in [0, 0.05) is 12.1 Å². The molecule has 2 atom stereocenters. The van der Waals surface area contributed by atoms with Gasteiger partial charge >= 0.3 is 0 Å². The second-order valence-corrected chi connectivity index (χ2v) is 6.33. The average molecular weight is 232 g/mol. The third-order valence-corrected chi connectivity index (χ3v) is 4.88. The van der Waals surface area contributed by atoms with Crippen LogP contribution in [0, 0.1) is 17.8 Å². The number of rotatable bonds is 2. The fourth-order valence-electron chi connectivity index (χ4n) is 3.46. The molecule has 1 heterocycles. The van der Waals surface area contributed by atoms with E-state index in [2.05, 4.69) is 18.8 Å². The van der Waals surface area contributed by atoms with Crippen LogP contribution in [0.3, 0.4) is 0 Å². The third kappa shape index (κ3) is 2.27. The normalized spacial score (nSPS) is 29.5. The smallest absolute Gasteiger partial charge is 0.106 e. The minimum absolute atomic E-state index is 0.796. The van der Waals surface area contributed by atoms with Gasteiger partial charge in [-0.15, -0.1) is 0 Å². The zero-order valence-corrected chi connectivity index (χ0v) is 11.1. The van der Waals surface area contributed by atoms with Gasteiger partial charge in [0.25, 0.3) is 0 Å². The summed E-state index contributed by atoms with van der Waals surface area (Å²) >= 11 is 0. The predicted octanol–water partition coefficient (Wildman–Crippen LogP) is 3.51. The Morgan fingerprint density at radius 3 is 2.59 bits per heavy atom. The van der Waals surface area contributed by atoms with Gasteiger partial charge in [-0.3, -0.25) is 0 Å². The number of aromatic nitrogens is 2. The number of fused-ring (bicyclic) bond motifs is 1. The van der Waals surface area contributed by atoms with E-state index >= 15 is 0 Å². The van der Waals surface area contributed by atoms with E-state index in [-0.39, 0.29) is 0 Å². The molecule has 0 radical (unpaired) electrons. The molecule has 1 aromatic rings. The zero-order chi connectivity index (χ0) is 11.8. The quantitative estimate of drug-likeness (QED) is 0.830. The minimum Gasteiger partial charge on any atom is -0.346 e. The van der Waals surface area contributed by atoms with Gasteiger partial charge < -0.3 is 4.98 Å². The van der Waals surface area contributed by atoms with Gasteiger partial charge in [0.2, 0.25) is 0 Å². The fraction of sp³-hybridized carbons (Fsp3) is 0.800. The third-order valence-electron chi connectivity index (χ3n) is 4.88. The van der Waals surface area contributed by atoms with Gasteiger partial charge in [-0.05, 0) is 30.6 Å². The molecule has 0 aliphatic heterocycles. The van der Waals surface area contributed by atoms with E-state index in [1.165, 1.54) is 62.2 Å². The zero-order valence-electron chi connectivity index (χ0n) is 11.1. The molecule has 2 unspecified atom stereocenters. The number of nitrogens with one attached hydrogen (secondary N) is 1. The fourth-order valence-corrected chi connectivity index (χ4v) is 3.46. The molecule has 0 bridgehead atoms. The van der Waals surface area contributed by atoms with Crippen LogP contribution < -0.4 is 0 Å². The Balaban J connectivity index is 1.73. The largest absolute Gasteiger partial charge is 0.346 e. The molecule has 1 fully saturated rings. The Hall–Kier alpha value is -0.790. The van der Waals surface area contributed by atoms with E-state index in [4.69, 9.17) is 4.98 Å². The molecule has 1 saturated carbocycles. The van der Waals surface area contributed by atoms with Crippen molar-refractivity contribution in [2.45, 2.75) is 58.8 Å². The highest BCUT2D eigenvalue weighted by Crippen LogP contribution is 2.31. The minimum atomic E-state index is 0.796. The number of nitrogens with zero attached hydrogens (tertiary/aromatic N) is 1. The first-order chi connectivity index (χ1) is 8.22. The molecule has 0 amide bonds. The Morgan fingerprint density at radius 2 is 1.82 bits per heavy atom. The lowest BCUT2D eigenvalue weighted by molar-refractivity contribution is 0.355. The molecule has 2 heteroatoms. The molecule has 17 heavy (non-hydrogen) atoms. The van der Waals surface area contributed by atoms with Crippen molar-refractivity contribution in [3.63, 3.8) is 0 Å². The highest BCUT2D eigenvalue weighted by molar-refractivity contribution is 5.19. The van der Waals surface area contributed by atoms with E-state index in [0.717, 1.165) is 17.8 Å². The maximum Gasteiger partial charge on any atom is 0.106 e. The first kappa shape index (κ1) is 11.3. The van der Waals surface area contributed by atoms with E-state index in [1.807, 2.05) is 0 Å². The highest BCUT2D eigenvalue weighted by atomic mass is 14.9. The summed E-state index contributed by atoms with van der Waals surface area (Å²) in [5, 5.41) is 0. The molecule has 1 aromatic heterocycles. The standard InChI is InChI=1S/C15H24N2/c1-10-7-13-14(8-11(10)2)17-15(16-13)9-12-5-3-4-6-12/h10-12H,3-9H2,1-2H3,(H,16,17). The number of H-pyrrole nitrogens is 1. The van der Waals surface area contributed by atoms with E-state index in [9.17, 15) is 0 Å². The van der Waals surface area contributed by atoms with Crippen molar-refractivity contribution in [1.82, 2.24) is 9.97 Å². The molecule has 0 spiro atoms. The summed E-state index contributed by atoms with van der Waals surface area (Å²) in [5.41, 5.74) is 2.80. The number of hydrogen-bond acceptors (Lipinski definition) is 1. The van der Waals surface area contributed by atoms with Crippen LogP contribution in [-0.2, 0) is 19.3 Å². The topological polar surface area (TPSA) is 28.7 Å². The Labute approximate surface area is 104 Å². The van der Waals surface area contributed by atoms with Crippen LogP contribution >= 0.6 is 0 Å². The van der Waals surface area contributed by atoms with Crippen LogP contribution in [0.1, 0.15) is 56.7 Å². The molecule has 0 saturated heterocycles. The molecule has 94 valence electrons. The van der Waals surface area contributed by atoms with Gasteiger partial charge in [0.05, 0.1) is 5.69 Å². The second-order valence-electron chi connectivity index (χ2n) is 6.33.